The maximum atomic E-state index is 11.9. The van der Waals surface area contributed by atoms with Crippen LogP contribution in [0.2, 0.25) is 0 Å². The number of urea groups is 1. The second-order valence-electron chi connectivity index (χ2n) is 5.00. The van der Waals surface area contributed by atoms with Crippen LogP contribution in [0.4, 0.5) is 4.79 Å². The van der Waals surface area contributed by atoms with Crippen LogP contribution in [0.1, 0.15) is 13.8 Å². The lowest BCUT2D eigenvalue weighted by atomic mass is 10.3. The van der Waals surface area contributed by atoms with Gasteiger partial charge in [0.15, 0.2) is 6.10 Å². The monoisotopic (exact) mass is 328 g/mol. The number of amides is 3. The highest BCUT2D eigenvalue weighted by molar-refractivity contribution is 5.96. The van der Waals surface area contributed by atoms with E-state index in [1.54, 1.807) is 38.1 Å². The molecule has 0 aromatic heterocycles. The first-order chi connectivity index (χ1) is 11.6. The summed E-state index contributed by atoms with van der Waals surface area (Å²) in [6.45, 7) is 3.77. The number of nitrogens with one attached hydrogen (secondary N) is 2. The number of carbonyl (C=O) groups excluding carboxylic acids is 2. The molecule has 0 spiro atoms. The maximum absolute atomic E-state index is 11.9. The Morgan fingerprint density at radius 2 is 1.67 bits per heavy atom. The summed E-state index contributed by atoms with van der Waals surface area (Å²) in [5.74, 6) is 1.25. The van der Waals surface area contributed by atoms with E-state index in [4.69, 9.17) is 9.47 Å². The number of hydrogen-bond acceptors (Lipinski definition) is 4. The summed E-state index contributed by atoms with van der Waals surface area (Å²) in [7, 11) is 0. The fourth-order valence-corrected chi connectivity index (χ4v) is 1.91. The molecule has 0 fully saturated rings. The summed E-state index contributed by atoms with van der Waals surface area (Å²) >= 11 is 0. The molecule has 3 amide bonds. The highest BCUT2D eigenvalue weighted by atomic mass is 16.5. The third kappa shape index (κ3) is 5.31. The van der Waals surface area contributed by atoms with Gasteiger partial charge in [0.2, 0.25) is 0 Å². The molecule has 6 nitrogen and oxygen atoms in total. The van der Waals surface area contributed by atoms with Crippen molar-refractivity contribution < 1.29 is 19.1 Å². The summed E-state index contributed by atoms with van der Waals surface area (Å²) in [5, 5.41) is 4.70. The molecule has 0 saturated carbocycles. The van der Waals surface area contributed by atoms with Gasteiger partial charge in [0.05, 0.1) is 0 Å². The van der Waals surface area contributed by atoms with Crippen molar-refractivity contribution in [2.45, 2.75) is 20.0 Å². The van der Waals surface area contributed by atoms with Gasteiger partial charge < -0.3 is 14.8 Å². The molecule has 0 radical (unpaired) electrons. The van der Waals surface area contributed by atoms with Gasteiger partial charge in [-0.3, -0.25) is 10.1 Å². The largest absolute Gasteiger partial charge is 0.481 e. The van der Waals surface area contributed by atoms with E-state index in [2.05, 4.69) is 10.6 Å². The van der Waals surface area contributed by atoms with Gasteiger partial charge in [0, 0.05) is 12.6 Å². The fraction of sp³-hybridized carbons (Fsp3) is 0.222. The van der Waals surface area contributed by atoms with E-state index in [0.717, 1.165) is 0 Å². The number of hydrogen-bond donors (Lipinski definition) is 2. The Labute approximate surface area is 140 Å². The Hall–Kier alpha value is -3.02. The fourth-order valence-electron chi connectivity index (χ4n) is 1.91. The zero-order valence-corrected chi connectivity index (χ0v) is 13.6. The first kappa shape index (κ1) is 17.3. The molecule has 0 aliphatic carbocycles. The van der Waals surface area contributed by atoms with E-state index in [0.29, 0.717) is 23.8 Å². The van der Waals surface area contributed by atoms with Gasteiger partial charge in [-0.2, -0.15) is 0 Å². The average molecular weight is 328 g/mol. The molecule has 1 unspecified atom stereocenters. The molecule has 2 rings (SSSR count). The minimum Gasteiger partial charge on any atom is -0.481 e. The molecule has 6 heteroatoms. The van der Waals surface area contributed by atoms with E-state index in [-0.39, 0.29) is 0 Å². The van der Waals surface area contributed by atoms with Gasteiger partial charge >= 0.3 is 6.03 Å². The molecule has 126 valence electrons. The molecular formula is C18H20N2O4. The van der Waals surface area contributed by atoms with Crippen LogP contribution in [0.25, 0.3) is 0 Å². The number of ether oxygens (including phenoxy) is 2. The third-order valence-corrected chi connectivity index (χ3v) is 3.04. The second kappa shape index (κ2) is 8.57. The third-order valence-electron chi connectivity index (χ3n) is 3.04. The van der Waals surface area contributed by atoms with Crippen LogP contribution in [-0.4, -0.2) is 24.6 Å². The van der Waals surface area contributed by atoms with Gasteiger partial charge in [-0.15, -0.1) is 0 Å². The molecular weight excluding hydrogens is 308 g/mol. The number of carbonyl (C=O) groups is 2. The lowest BCUT2D eigenvalue weighted by molar-refractivity contribution is -0.126. The minimum absolute atomic E-state index is 0.438. The summed E-state index contributed by atoms with van der Waals surface area (Å²) in [6, 6.07) is 15.8. The zero-order chi connectivity index (χ0) is 17.4. The highest BCUT2D eigenvalue weighted by Gasteiger charge is 2.17. The Bertz CT molecular complexity index is 688. The molecule has 1 atom stereocenters. The Kier molecular flexibility index (Phi) is 6.19. The maximum Gasteiger partial charge on any atom is 0.321 e. The van der Waals surface area contributed by atoms with E-state index >= 15 is 0 Å². The number of benzene rings is 2. The SMILES string of the molecule is CCNC(=O)NC(=O)C(C)Oc1cccc(Oc2ccccc2)c1. The van der Waals surface area contributed by atoms with E-state index in [1.807, 2.05) is 30.3 Å². The molecule has 2 aromatic carbocycles. The van der Waals surface area contributed by atoms with Crippen LogP contribution in [0.3, 0.4) is 0 Å². The topological polar surface area (TPSA) is 76.7 Å². The van der Waals surface area contributed by atoms with Crippen LogP contribution in [0, 0.1) is 0 Å². The molecule has 0 saturated heterocycles. The van der Waals surface area contributed by atoms with Crippen LogP contribution in [-0.2, 0) is 4.79 Å². The zero-order valence-electron chi connectivity index (χ0n) is 13.6. The molecule has 24 heavy (non-hydrogen) atoms. The summed E-state index contributed by atoms with van der Waals surface area (Å²) in [6.07, 6.45) is -0.820. The van der Waals surface area contributed by atoms with Crippen LogP contribution in [0.15, 0.2) is 54.6 Å². The first-order valence-corrected chi connectivity index (χ1v) is 7.67. The van der Waals surface area contributed by atoms with Gasteiger partial charge in [-0.05, 0) is 38.1 Å². The van der Waals surface area contributed by atoms with Gasteiger partial charge in [-0.1, -0.05) is 24.3 Å². The molecule has 0 heterocycles. The highest BCUT2D eigenvalue weighted by Crippen LogP contribution is 2.25. The lowest BCUT2D eigenvalue weighted by Crippen LogP contribution is -2.45. The normalized spacial score (nSPS) is 11.2. The van der Waals surface area contributed by atoms with Gasteiger partial charge in [0.25, 0.3) is 5.91 Å². The number of rotatable bonds is 6. The van der Waals surface area contributed by atoms with Gasteiger partial charge in [0.1, 0.15) is 17.2 Å². The summed E-state index contributed by atoms with van der Waals surface area (Å²) in [4.78, 5) is 23.2. The minimum atomic E-state index is -0.820. The predicted octanol–water partition coefficient (Wildman–Crippen LogP) is 3.09. The molecule has 2 N–H and O–H groups in total. The van der Waals surface area contributed by atoms with Crippen molar-refractivity contribution in [2.24, 2.45) is 0 Å². The second-order valence-corrected chi connectivity index (χ2v) is 5.00. The Morgan fingerprint density at radius 3 is 2.38 bits per heavy atom. The van der Waals surface area contributed by atoms with E-state index < -0.39 is 18.0 Å². The standard InChI is InChI=1S/C18H20N2O4/c1-3-19-18(22)20-17(21)13(2)23-15-10-7-11-16(12-15)24-14-8-5-4-6-9-14/h4-13H,3H2,1-2H3,(H2,19,20,21,22). The van der Waals surface area contributed by atoms with E-state index in [9.17, 15) is 9.59 Å². The number of para-hydroxylation sites is 1. The number of imide groups is 1. The van der Waals surface area contributed by atoms with Crippen molar-refractivity contribution in [2.75, 3.05) is 6.54 Å². The van der Waals surface area contributed by atoms with Crippen LogP contribution >= 0.6 is 0 Å². The van der Waals surface area contributed by atoms with E-state index in [1.165, 1.54) is 0 Å². The smallest absolute Gasteiger partial charge is 0.321 e. The molecule has 0 aliphatic heterocycles. The molecule has 0 bridgehead atoms. The quantitative estimate of drug-likeness (QED) is 0.854. The van der Waals surface area contributed by atoms with Crippen LogP contribution < -0.4 is 20.1 Å². The summed E-state index contributed by atoms with van der Waals surface area (Å²) < 4.78 is 11.3. The van der Waals surface area contributed by atoms with Crippen molar-refractivity contribution in [3.63, 3.8) is 0 Å². The van der Waals surface area contributed by atoms with Crippen molar-refractivity contribution in [1.82, 2.24) is 10.6 Å². The Balaban J connectivity index is 1.96. The van der Waals surface area contributed by atoms with Gasteiger partial charge in [-0.25, -0.2) is 4.79 Å². The van der Waals surface area contributed by atoms with Crippen molar-refractivity contribution >= 4 is 11.9 Å². The Morgan fingerprint density at radius 1 is 1.00 bits per heavy atom. The van der Waals surface area contributed by atoms with Crippen molar-refractivity contribution in [3.05, 3.63) is 54.6 Å². The average Bonchev–Trinajstić information content (AvgIpc) is 2.56. The first-order valence-electron chi connectivity index (χ1n) is 7.67. The predicted molar refractivity (Wildman–Crippen MR) is 90.3 cm³/mol. The molecule has 2 aromatic rings. The molecule has 0 aliphatic rings. The lowest BCUT2D eigenvalue weighted by Gasteiger charge is -2.15. The van der Waals surface area contributed by atoms with Crippen molar-refractivity contribution in [3.8, 4) is 17.2 Å². The van der Waals surface area contributed by atoms with Crippen molar-refractivity contribution in [1.29, 1.82) is 0 Å². The van der Waals surface area contributed by atoms with Crippen LogP contribution in [0.5, 0.6) is 17.2 Å². The summed E-state index contributed by atoms with van der Waals surface area (Å²) in [5.41, 5.74) is 0.